The van der Waals surface area contributed by atoms with E-state index in [9.17, 15) is 14.9 Å². The molecular weight excluding hydrogens is 416 g/mol. The Morgan fingerprint density at radius 1 is 1.24 bits per heavy atom. The van der Waals surface area contributed by atoms with Crippen molar-refractivity contribution in [3.05, 3.63) is 57.1 Å². The summed E-state index contributed by atoms with van der Waals surface area (Å²) in [5, 5.41) is 17.3. The molecule has 1 amide bonds. The number of nitro groups is 1. The van der Waals surface area contributed by atoms with E-state index >= 15 is 0 Å². The summed E-state index contributed by atoms with van der Waals surface area (Å²) < 4.78 is 5.22. The Kier molecular flexibility index (Phi) is 6.50. The number of hydrogen-bond donors (Lipinski definition) is 2. The summed E-state index contributed by atoms with van der Waals surface area (Å²) in [6.45, 7) is 1.53. The summed E-state index contributed by atoms with van der Waals surface area (Å²) in [5.41, 5.74) is 1.05. The third kappa shape index (κ3) is 4.93. The number of hydrogen-bond acceptors (Lipinski definition) is 6. The molecule has 2 N–H and O–H groups in total. The van der Waals surface area contributed by atoms with Crippen LogP contribution in [0.5, 0.6) is 5.75 Å². The number of amides is 1. The van der Waals surface area contributed by atoms with Crippen LogP contribution in [-0.4, -0.2) is 36.1 Å². The molecule has 29 heavy (non-hydrogen) atoms. The molecular formula is C19H19ClN4O4S. The lowest BCUT2D eigenvalue weighted by molar-refractivity contribution is -0.384. The van der Waals surface area contributed by atoms with Crippen LogP contribution >= 0.6 is 23.8 Å². The van der Waals surface area contributed by atoms with Gasteiger partial charge in [0.2, 0.25) is 0 Å². The fourth-order valence-corrected chi connectivity index (χ4v) is 3.52. The minimum atomic E-state index is -0.556. The molecule has 1 aliphatic rings. The van der Waals surface area contributed by atoms with Crippen LogP contribution in [0, 0.1) is 10.1 Å². The van der Waals surface area contributed by atoms with Crippen LogP contribution in [0.2, 0.25) is 5.02 Å². The van der Waals surface area contributed by atoms with Crippen molar-refractivity contribution in [1.29, 1.82) is 0 Å². The number of nitro benzene ring substituents is 1. The zero-order valence-electron chi connectivity index (χ0n) is 15.6. The number of carbonyl (C=O) groups is 1. The van der Waals surface area contributed by atoms with E-state index in [4.69, 9.17) is 28.6 Å². The first-order valence-electron chi connectivity index (χ1n) is 8.88. The second-order valence-corrected chi connectivity index (χ2v) is 7.25. The quantitative estimate of drug-likeness (QED) is 0.417. The van der Waals surface area contributed by atoms with Gasteiger partial charge in [0.1, 0.15) is 11.4 Å². The van der Waals surface area contributed by atoms with Crippen LogP contribution in [0.4, 0.5) is 17.1 Å². The molecule has 1 saturated heterocycles. The summed E-state index contributed by atoms with van der Waals surface area (Å²) in [6, 6.07) is 9.36. The average Bonchev–Trinajstić information content (AvgIpc) is 3.22. The van der Waals surface area contributed by atoms with Crippen LogP contribution in [0.15, 0.2) is 36.4 Å². The van der Waals surface area contributed by atoms with E-state index in [1.165, 1.54) is 13.2 Å². The molecule has 0 bridgehead atoms. The number of nitrogens with one attached hydrogen (secondary N) is 2. The van der Waals surface area contributed by atoms with Gasteiger partial charge in [0.25, 0.3) is 11.6 Å². The fraction of sp³-hybridized carbons (Fsp3) is 0.263. The molecule has 0 unspecified atom stereocenters. The van der Waals surface area contributed by atoms with Gasteiger partial charge in [0, 0.05) is 29.7 Å². The second kappa shape index (κ2) is 9.06. The third-order valence-electron chi connectivity index (χ3n) is 4.52. The summed E-state index contributed by atoms with van der Waals surface area (Å²) in [7, 11) is 1.50. The van der Waals surface area contributed by atoms with Crippen LogP contribution in [0.1, 0.15) is 23.2 Å². The van der Waals surface area contributed by atoms with Gasteiger partial charge in [-0.05, 0) is 55.4 Å². The number of rotatable bonds is 5. The van der Waals surface area contributed by atoms with E-state index in [-0.39, 0.29) is 16.4 Å². The Morgan fingerprint density at radius 3 is 2.62 bits per heavy atom. The van der Waals surface area contributed by atoms with Gasteiger partial charge in [0.05, 0.1) is 17.7 Å². The van der Waals surface area contributed by atoms with Gasteiger partial charge in [-0.1, -0.05) is 11.6 Å². The number of ether oxygens (including phenoxy) is 1. The van der Waals surface area contributed by atoms with Crippen molar-refractivity contribution in [2.24, 2.45) is 0 Å². The molecule has 1 fully saturated rings. The average molecular weight is 435 g/mol. The first-order chi connectivity index (χ1) is 13.9. The highest BCUT2D eigenvalue weighted by atomic mass is 35.5. The van der Waals surface area contributed by atoms with Gasteiger partial charge in [-0.15, -0.1) is 0 Å². The van der Waals surface area contributed by atoms with Crippen molar-refractivity contribution in [3.8, 4) is 5.75 Å². The minimum Gasteiger partial charge on any atom is -0.495 e. The minimum absolute atomic E-state index is 0.0156. The van der Waals surface area contributed by atoms with E-state index in [1.807, 2.05) is 4.90 Å². The van der Waals surface area contributed by atoms with Crippen LogP contribution in [0.25, 0.3) is 0 Å². The van der Waals surface area contributed by atoms with Gasteiger partial charge < -0.3 is 15.0 Å². The number of carbonyl (C=O) groups excluding carboxylic acids is 1. The summed E-state index contributed by atoms with van der Waals surface area (Å²) in [4.78, 5) is 25.5. The summed E-state index contributed by atoms with van der Waals surface area (Å²) in [5.74, 6) is -0.0591. The Bertz CT molecular complexity index is 963. The monoisotopic (exact) mass is 434 g/mol. The number of benzene rings is 2. The number of anilines is 2. The maximum absolute atomic E-state index is 12.5. The zero-order valence-corrected chi connectivity index (χ0v) is 17.2. The molecule has 2 aromatic carbocycles. The van der Waals surface area contributed by atoms with Crippen molar-refractivity contribution in [2.75, 3.05) is 30.4 Å². The molecule has 0 saturated carbocycles. The highest BCUT2D eigenvalue weighted by Crippen LogP contribution is 2.32. The molecule has 2 aromatic rings. The maximum Gasteiger partial charge on any atom is 0.293 e. The molecule has 1 aliphatic heterocycles. The Balaban J connectivity index is 1.75. The lowest BCUT2D eigenvalue weighted by Gasteiger charge is -2.18. The zero-order chi connectivity index (χ0) is 21.0. The van der Waals surface area contributed by atoms with Crippen LogP contribution in [-0.2, 0) is 0 Å². The van der Waals surface area contributed by atoms with Crippen molar-refractivity contribution >= 4 is 51.9 Å². The molecule has 1 heterocycles. The molecule has 0 aliphatic carbocycles. The van der Waals surface area contributed by atoms with Gasteiger partial charge >= 0.3 is 0 Å². The standard InChI is InChI=1S/C19H19ClN4O4S/c1-28-17-7-5-13(20)11-14(17)21-19(29)22-18(25)12-4-6-15(16(10-12)24(26)27)23-8-2-3-9-23/h4-7,10-11H,2-3,8-9H2,1H3,(H2,21,22,25,29). The van der Waals surface area contributed by atoms with Crippen molar-refractivity contribution in [3.63, 3.8) is 0 Å². The summed E-state index contributed by atoms with van der Waals surface area (Å²) in [6.07, 6.45) is 1.98. The molecule has 0 aromatic heterocycles. The highest BCUT2D eigenvalue weighted by molar-refractivity contribution is 7.80. The first-order valence-corrected chi connectivity index (χ1v) is 9.67. The molecule has 0 spiro atoms. The third-order valence-corrected chi connectivity index (χ3v) is 4.96. The smallest absolute Gasteiger partial charge is 0.293 e. The van der Waals surface area contributed by atoms with Gasteiger partial charge in [0.15, 0.2) is 5.11 Å². The Morgan fingerprint density at radius 2 is 1.97 bits per heavy atom. The normalized spacial score (nSPS) is 13.1. The van der Waals surface area contributed by atoms with E-state index in [0.717, 1.165) is 25.9 Å². The van der Waals surface area contributed by atoms with Crippen LogP contribution in [0.3, 0.4) is 0 Å². The molecule has 0 radical (unpaired) electrons. The topological polar surface area (TPSA) is 96.7 Å². The van der Waals surface area contributed by atoms with Gasteiger partial charge in [-0.2, -0.15) is 0 Å². The fourth-order valence-electron chi connectivity index (χ4n) is 3.14. The molecule has 3 rings (SSSR count). The summed E-state index contributed by atoms with van der Waals surface area (Å²) >= 11 is 11.2. The number of thiocarbonyl (C=S) groups is 1. The van der Waals surface area contributed by atoms with E-state index < -0.39 is 10.8 Å². The maximum atomic E-state index is 12.5. The Labute approximate surface area is 177 Å². The number of halogens is 1. The molecule has 8 nitrogen and oxygen atoms in total. The first kappa shape index (κ1) is 20.8. The lowest BCUT2D eigenvalue weighted by Crippen LogP contribution is -2.34. The van der Waals surface area contributed by atoms with Crippen molar-refractivity contribution < 1.29 is 14.5 Å². The van der Waals surface area contributed by atoms with Crippen molar-refractivity contribution in [1.82, 2.24) is 5.32 Å². The lowest BCUT2D eigenvalue weighted by atomic mass is 10.1. The predicted molar refractivity (Wildman–Crippen MR) is 116 cm³/mol. The van der Waals surface area contributed by atoms with Gasteiger partial charge in [-0.3, -0.25) is 20.2 Å². The largest absolute Gasteiger partial charge is 0.495 e. The SMILES string of the molecule is COc1ccc(Cl)cc1NC(=S)NC(=O)c1ccc(N2CCCC2)c([N+](=O)[O-])c1. The van der Waals surface area contributed by atoms with E-state index in [1.54, 1.807) is 30.3 Å². The molecule has 152 valence electrons. The number of nitrogens with zero attached hydrogens (tertiary/aromatic N) is 2. The highest BCUT2D eigenvalue weighted by Gasteiger charge is 2.24. The van der Waals surface area contributed by atoms with E-state index in [0.29, 0.717) is 22.1 Å². The van der Waals surface area contributed by atoms with Crippen molar-refractivity contribution in [2.45, 2.75) is 12.8 Å². The molecule has 0 atom stereocenters. The van der Waals surface area contributed by atoms with Crippen LogP contribution < -0.4 is 20.3 Å². The number of methoxy groups -OCH3 is 1. The second-order valence-electron chi connectivity index (χ2n) is 6.41. The molecule has 10 heteroatoms. The van der Waals surface area contributed by atoms with Gasteiger partial charge in [-0.25, -0.2) is 0 Å². The Hall–Kier alpha value is -2.91. The van der Waals surface area contributed by atoms with E-state index in [2.05, 4.69) is 10.6 Å². The predicted octanol–water partition coefficient (Wildman–Crippen LogP) is 3.98.